The molecule has 0 fully saturated rings. The van der Waals surface area contributed by atoms with Gasteiger partial charge in [-0.15, -0.1) is 0 Å². The molecule has 24 heavy (non-hydrogen) atoms. The monoisotopic (exact) mass is 351 g/mol. The fourth-order valence-electron chi connectivity index (χ4n) is 1.46. The number of halogens is 3. The summed E-state index contributed by atoms with van der Waals surface area (Å²) in [6, 6.07) is -0.183. The number of alkyl halides is 3. The van der Waals surface area contributed by atoms with Crippen LogP contribution in [0.4, 0.5) is 19.0 Å². The van der Waals surface area contributed by atoms with E-state index in [1.165, 1.54) is 14.2 Å². The largest absolute Gasteiger partial charge is 0.493 e. The van der Waals surface area contributed by atoms with E-state index in [1.807, 2.05) is 0 Å². The third kappa shape index (κ3) is 4.13. The predicted molar refractivity (Wildman–Crippen MR) is 71.4 cm³/mol. The Morgan fingerprint density at radius 1 is 1.21 bits per heavy atom. The third-order valence-corrected chi connectivity index (χ3v) is 2.49. The van der Waals surface area contributed by atoms with Crippen molar-refractivity contribution in [3.05, 3.63) is 0 Å². The van der Waals surface area contributed by atoms with Crippen LogP contribution in [-0.4, -0.2) is 59.5 Å². The molecular weight excluding hydrogens is 339 g/mol. The first-order chi connectivity index (χ1) is 11.3. The van der Waals surface area contributed by atoms with Gasteiger partial charge in [0.15, 0.2) is 11.5 Å². The molecule has 0 spiro atoms. The number of hydrogen-bond donors (Lipinski definition) is 2. The van der Waals surface area contributed by atoms with E-state index in [1.54, 1.807) is 5.48 Å². The first-order valence-electron chi connectivity index (χ1n) is 6.32. The Morgan fingerprint density at radius 3 is 2.58 bits per heavy atom. The molecule has 10 nitrogen and oxygen atoms in total. The van der Waals surface area contributed by atoms with Crippen molar-refractivity contribution in [1.82, 2.24) is 19.9 Å². The Bertz CT molecular complexity index is 720. The van der Waals surface area contributed by atoms with Crippen LogP contribution in [0.3, 0.4) is 0 Å². The molecule has 13 heteroatoms. The van der Waals surface area contributed by atoms with Crippen molar-refractivity contribution in [3.63, 3.8) is 0 Å². The van der Waals surface area contributed by atoms with Gasteiger partial charge in [-0.05, 0) is 0 Å². The van der Waals surface area contributed by atoms with Crippen molar-refractivity contribution in [2.75, 3.05) is 32.9 Å². The van der Waals surface area contributed by atoms with Crippen LogP contribution < -0.4 is 15.0 Å². The summed E-state index contributed by atoms with van der Waals surface area (Å²) in [5.74, 6) is -2.73. The molecule has 0 aliphatic heterocycles. The summed E-state index contributed by atoms with van der Waals surface area (Å²) in [4.78, 5) is 29.0. The maximum atomic E-state index is 12.2. The number of rotatable bonds is 7. The highest BCUT2D eigenvalue weighted by Gasteiger charge is 2.41. The van der Waals surface area contributed by atoms with Crippen molar-refractivity contribution in [2.45, 2.75) is 6.18 Å². The SMILES string of the molecule is COCCOc1nc(NOC(=O)C(F)(F)F)c2[nH]c(OC)nc2n1. The average molecular weight is 351 g/mol. The molecule has 0 saturated heterocycles. The third-order valence-electron chi connectivity index (χ3n) is 2.49. The summed E-state index contributed by atoms with van der Waals surface area (Å²) in [6.07, 6.45) is -5.16. The number of aromatic amines is 1. The second-order valence-corrected chi connectivity index (χ2v) is 4.13. The van der Waals surface area contributed by atoms with Gasteiger partial charge in [0.05, 0.1) is 13.7 Å². The summed E-state index contributed by atoms with van der Waals surface area (Å²) in [5, 5.41) is 0. The minimum atomic E-state index is -5.16. The van der Waals surface area contributed by atoms with Gasteiger partial charge in [0.25, 0.3) is 6.01 Å². The van der Waals surface area contributed by atoms with Crippen LogP contribution in [0.15, 0.2) is 0 Å². The molecule has 2 aromatic heterocycles. The lowest BCUT2D eigenvalue weighted by Gasteiger charge is -2.09. The van der Waals surface area contributed by atoms with Crippen LogP contribution in [0.2, 0.25) is 0 Å². The first-order valence-corrected chi connectivity index (χ1v) is 6.32. The van der Waals surface area contributed by atoms with E-state index in [0.29, 0.717) is 0 Å². The van der Waals surface area contributed by atoms with E-state index < -0.39 is 12.1 Å². The Kier molecular flexibility index (Phi) is 5.23. The van der Waals surface area contributed by atoms with Gasteiger partial charge in [0.1, 0.15) is 12.1 Å². The number of methoxy groups -OCH3 is 2. The van der Waals surface area contributed by atoms with Gasteiger partial charge in [0.2, 0.25) is 0 Å². The molecule has 0 saturated carbocycles. The van der Waals surface area contributed by atoms with Crippen LogP contribution >= 0.6 is 0 Å². The zero-order valence-electron chi connectivity index (χ0n) is 12.4. The smallest absolute Gasteiger partial charge is 0.468 e. The van der Waals surface area contributed by atoms with Crippen LogP contribution in [0.5, 0.6) is 12.0 Å². The Labute approximate surface area is 132 Å². The Morgan fingerprint density at radius 2 is 1.96 bits per heavy atom. The molecule has 2 rings (SSSR count). The zero-order chi connectivity index (χ0) is 17.7. The number of nitrogens with one attached hydrogen (secondary N) is 2. The Balaban J connectivity index is 2.27. The second-order valence-electron chi connectivity index (χ2n) is 4.13. The maximum absolute atomic E-state index is 12.2. The molecule has 0 atom stereocenters. The van der Waals surface area contributed by atoms with Gasteiger partial charge in [-0.2, -0.15) is 33.6 Å². The average Bonchev–Trinajstić information content (AvgIpc) is 2.94. The van der Waals surface area contributed by atoms with Crippen LogP contribution in [0.1, 0.15) is 0 Å². The highest BCUT2D eigenvalue weighted by molar-refractivity contribution is 5.84. The van der Waals surface area contributed by atoms with E-state index in [0.717, 1.165) is 0 Å². The molecule has 0 aliphatic carbocycles. The molecule has 2 N–H and O–H groups in total. The number of ether oxygens (including phenoxy) is 3. The van der Waals surface area contributed by atoms with Gasteiger partial charge in [-0.1, -0.05) is 0 Å². The summed E-state index contributed by atoms with van der Waals surface area (Å²) >= 11 is 0. The number of carbonyl (C=O) groups is 1. The maximum Gasteiger partial charge on any atom is 0.493 e. The van der Waals surface area contributed by atoms with Crippen LogP contribution in [0, 0.1) is 0 Å². The molecule has 2 heterocycles. The number of nitrogens with zero attached hydrogens (tertiary/aromatic N) is 3. The van der Waals surface area contributed by atoms with E-state index in [-0.39, 0.29) is 42.2 Å². The summed E-state index contributed by atoms with van der Waals surface area (Å²) < 4.78 is 51.4. The number of aromatic nitrogens is 4. The van der Waals surface area contributed by atoms with E-state index in [2.05, 4.69) is 24.8 Å². The van der Waals surface area contributed by atoms with Gasteiger partial charge < -0.3 is 24.0 Å². The quantitative estimate of drug-likeness (QED) is 0.551. The zero-order valence-corrected chi connectivity index (χ0v) is 12.4. The number of hydrogen-bond acceptors (Lipinski definition) is 9. The molecule has 0 aliphatic rings. The second kappa shape index (κ2) is 7.16. The molecule has 0 aromatic carbocycles. The minimum Gasteiger partial charge on any atom is -0.468 e. The summed E-state index contributed by atoms with van der Waals surface area (Å²) in [6.45, 7) is 0.322. The van der Waals surface area contributed by atoms with Crippen LogP contribution in [-0.2, 0) is 14.4 Å². The predicted octanol–water partition coefficient (Wildman–Crippen LogP) is 0.819. The lowest BCUT2D eigenvalue weighted by Crippen LogP contribution is -2.27. The molecule has 132 valence electrons. The fourth-order valence-corrected chi connectivity index (χ4v) is 1.46. The van der Waals surface area contributed by atoms with Crippen LogP contribution in [0.25, 0.3) is 11.2 Å². The summed E-state index contributed by atoms with van der Waals surface area (Å²) in [5.41, 5.74) is 1.89. The fraction of sp³-hybridized carbons (Fsp3) is 0.455. The van der Waals surface area contributed by atoms with Crippen molar-refractivity contribution < 1.29 is 37.0 Å². The number of imidazole rings is 1. The van der Waals surface area contributed by atoms with Crippen molar-refractivity contribution in [2.24, 2.45) is 0 Å². The summed E-state index contributed by atoms with van der Waals surface area (Å²) in [7, 11) is 2.77. The van der Waals surface area contributed by atoms with E-state index >= 15 is 0 Å². The van der Waals surface area contributed by atoms with E-state index in [9.17, 15) is 18.0 Å². The van der Waals surface area contributed by atoms with E-state index in [4.69, 9.17) is 14.2 Å². The number of anilines is 1. The highest BCUT2D eigenvalue weighted by atomic mass is 19.4. The number of carbonyl (C=O) groups excluding carboxylic acids is 1. The molecule has 0 bridgehead atoms. The number of H-pyrrole nitrogens is 1. The first kappa shape index (κ1) is 17.5. The molecule has 0 unspecified atom stereocenters. The Hall–Kier alpha value is -2.83. The lowest BCUT2D eigenvalue weighted by atomic mass is 10.5. The lowest BCUT2D eigenvalue weighted by molar-refractivity contribution is -0.196. The number of fused-ring (bicyclic) bond motifs is 1. The molecule has 2 aromatic rings. The standard InChI is InChI=1S/C11H12F3N5O5/c1-21-3-4-23-10-17-6-5(15-9(16-6)22-2)7(18-10)19-24-8(20)11(12,13)14/h3-4H2,1-2H3,(H2,15,16,17,18,19). The van der Waals surface area contributed by atoms with Gasteiger partial charge in [-0.25, -0.2) is 4.79 Å². The normalized spacial score (nSPS) is 11.4. The topological polar surface area (TPSA) is 120 Å². The van der Waals surface area contributed by atoms with Crippen molar-refractivity contribution in [3.8, 4) is 12.0 Å². The van der Waals surface area contributed by atoms with Crippen molar-refractivity contribution in [1.29, 1.82) is 0 Å². The highest BCUT2D eigenvalue weighted by Crippen LogP contribution is 2.24. The van der Waals surface area contributed by atoms with Gasteiger partial charge in [-0.3, -0.25) is 0 Å². The van der Waals surface area contributed by atoms with Crippen molar-refractivity contribution >= 4 is 23.0 Å². The molecule has 0 amide bonds. The minimum absolute atomic E-state index is 0.0264. The molecular formula is C11H12F3N5O5. The van der Waals surface area contributed by atoms with Gasteiger partial charge >= 0.3 is 18.2 Å². The van der Waals surface area contributed by atoms with Gasteiger partial charge in [0, 0.05) is 7.11 Å². The molecule has 0 radical (unpaired) electrons.